The molecule has 6 heteroatoms. The first kappa shape index (κ1) is 17.1. The molecule has 0 unspecified atom stereocenters. The van der Waals surface area contributed by atoms with Gasteiger partial charge in [0.25, 0.3) is 0 Å². The van der Waals surface area contributed by atoms with E-state index >= 15 is 0 Å². The predicted molar refractivity (Wildman–Crippen MR) is 86.3 cm³/mol. The maximum atomic E-state index is 12.1. The number of β-amino-alcohol motifs (C(OH)–C–C–N with tert-alkyl or cyclic N) is 1. The highest BCUT2D eigenvalue weighted by Crippen LogP contribution is 2.17. The molecule has 0 bridgehead atoms. The number of ether oxygens (including phenoxy) is 1. The van der Waals surface area contributed by atoms with Crippen molar-refractivity contribution < 1.29 is 14.6 Å². The normalized spacial score (nSPS) is 17.3. The Bertz CT molecular complexity index is 488. The van der Waals surface area contributed by atoms with Gasteiger partial charge < -0.3 is 14.7 Å². The standard InChI is InChI=1S/C16H23ClN2O3/c1-13(20)12-18-6-8-19(9-7-18)16(21)5-10-22-15-4-2-3-14(17)11-15/h2-4,11,13,20H,5-10,12H2,1H3/t13-/m1/s1. The molecule has 5 nitrogen and oxygen atoms in total. The maximum Gasteiger partial charge on any atom is 0.226 e. The molecule has 2 rings (SSSR count). The molecule has 1 aromatic rings. The molecule has 1 aliphatic heterocycles. The Hall–Kier alpha value is -1.30. The average molecular weight is 327 g/mol. The summed E-state index contributed by atoms with van der Waals surface area (Å²) in [4.78, 5) is 16.2. The number of piperazine rings is 1. The third kappa shape index (κ3) is 5.48. The van der Waals surface area contributed by atoms with E-state index in [9.17, 15) is 9.90 Å². The number of benzene rings is 1. The molecule has 0 aromatic heterocycles. The van der Waals surface area contributed by atoms with Crippen molar-refractivity contribution in [1.29, 1.82) is 0 Å². The maximum absolute atomic E-state index is 12.1. The summed E-state index contributed by atoms with van der Waals surface area (Å²) in [6.45, 7) is 5.85. The molecule has 1 heterocycles. The largest absolute Gasteiger partial charge is 0.493 e. The van der Waals surface area contributed by atoms with Crippen LogP contribution in [0.1, 0.15) is 13.3 Å². The molecular weight excluding hydrogens is 304 g/mol. The van der Waals surface area contributed by atoms with E-state index in [1.54, 1.807) is 19.1 Å². The van der Waals surface area contributed by atoms with Crippen LogP contribution in [-0.4, -0.2) is 66.2 Å². The van der Waals surface area contributed by atoms with Crippen LogP contribution in [0.4, 0.5) is 0 Å². The minimum atomic E-state index is -0.326. The molecule has 1 atom stereocenters. The first-order valence-corrected chi connectivity index (χ1v) is 7.99. The van der Waals surface area contributed by atoms with Gasteiger partial charge in [0.2, 0.25) is 5.91 Å². The first-order valence-electron chi connectivity index (χ1n) is 7.61. The minimum absolute atomic E-state index is 0.110. The molecule has 0 radical (unpaired) electrons. The highest BCUT2D eigenvalue weighted by molar-refractivity contribution is 6.30. The Morgan fingerprint density at radius 1 is 1.36 bits per heavy atom. The lowest BCUT2D eigenvalue weighted by Gasteiger charge is -2.35. The number of carbonyl (C=O) groups excluding carboxylic acids is 1. The van der Waals surface area contributed by atoms with Gasteiger partial charge in [-0.3, -0.25) is 9.69 Å². The van der Waals surface area contributed by atoms with E-state index in [-0.39, 0.29) is 12.0 Å². The molecule has 1 fully saturated rings. The number of carbonyl (C=O) groups is 1. The Kier molecular flexibility index (Phi) is 6.49. The van der Waals surface area contributed by atoms with Gasteiger partial charge in [-0.15, -0.1) is 0 Å². The van der Waals surface area contributed by atoms with E-state index in [0.717, 1.165) is 13.1 Å². The number of aliphatic hydroxyl groups excluding tert-OH is 1. The van der Waals surface area contributed by atoms with Crippen molar-refractivity contribution >= 4 is 17.5 Å². The van der Waals surface area contributed by atoms with Crippen molar-refractivity contribution in [2.24, 2.45) is 0 Å². The van der Waals surface area contributed by atoms with Crippen LogP contribution < -0.4 is 4.74 Å². The zero-order chi connectivity index (χ0) is 15.9. The Morgan fingerprint density at radius 3 is 2.73 bits per heavy atom. The average Bonchev–Trinajstić information content (AvgIpc) is 2.47. The van der Waals surface area contributed by atoms with E-state index in [2.05, 4.69) is 4.90 Å². The highest BCUT2D eigenvalue weighted by Gasteiger charge is 2.21. The molecule has 1 aliphatic rings. The van der Waals surface area contributed by atoms with Crippen LogP contribution in [0.15, 0.2) is 24.3 Å². The van der Waals surface area contributed by atoms with E-state index < -0.39 is 0 Å². The smallest absolute Gasteiger partial charge is 0.226 e. The first-order chi connectivity index (χ1) is 10.5. The van der Waals surface area contributed by atoms with Crippen molar-refractivity contribution in [3.05, 3.63) is 29.3 Å². The van der Waals surface area contributed by atoms with Crippen molar-refractivity contribution in [3.63, 3.8) is 0 Å². The summed E-state index contributed by atoms with van der Waals surface area (Å²) < 4.78 is 5.55. The highest BCUT2D eigenvalue weighted by atomic mass is 35.5. The second kappa shape index (κ2) is 8.36. The van der Waals surface area contributed by atoms with E-state index in [1.165, 1.54) is 0 Å². The minimum Gasteiger partial charge on any atom is -0.493 e. The van der Waals surface area contributed by atoms with Crippen LogP contribution >= 0.6 is 11.6 Å². The van der Waals surface area contributed by atoms with Gasteiger partial charge in [-0.1, -0.05) is 17.7 Å². The molecule has 1 amide bonds. The molecule has 1 N–H and O–H groups in total. The van der Waals surface area contributed by atoms with Crippen molar-refractivity contribution in [2.75, 3.05) is 39.3 Å². The fourth-order valence-electron chi connectivity index (χ4n) is 2.52. The number of rotatable bonds is 6. The lowest BCUT2D eigenvalue weighted by Crippen LogP contribution is -2.50. The third-order valence-electron chi connectivity index (χ3n) is 3.63. The zero-order valence-electron chi connectivity index (χ0n) is 12.9. The number of aliphatic hydroxyl groups is 1. The summed E-state index contributed by atoms with van der Waals surface area (Å²) in [7, 11) is 0. The summed E-state index contributed by atoms with van der Waals surface area (Å²) >= 11 is 5.88. The second-order valence-corrected chi connectivity index (χ2v) is 6.02. The van der Waals surface area contributed by atoms with Crippen molar-refractivity contribution in [3.8, 4) is 5.75 Å². The van der Waals surface area contributed by atoms with Gasteiger partial charge in [-0.2, -0.15) is 0 Å². The van der Waals surface area contributed by atoms with E-state index in [0.29, 0.717) is 43.4 Å². The van der Waals surface area contributed by atoms with Gasteiger partial charge in [0.1, 0.15) is 5.75 Å². The van der Waals surface area contributed by atoms with Crippen LogP contribution in [-0.2, 0) is 4.79 Å². The summed E-state index contributed by atoms with van der Waals surface area (Å²) in [6.07, 6.45) is 0.0384. The van der Waals surface area contributed by atoms with Gasteiger partial charge >= 0.3 is 0 Å². The second-order valence-electron chi connectivity index (χ2n) is 5.59. The van der Waals surface area contributed by atoms with Gasteiger partial charge in [0.15, 0.2) is 0 Å². The fraction of sp³-hybridized carbons (Fsp3) is 0.562. The lowest BCUT2D eigenvalue weighted by molar-refractivity contribution is -0.133. The van der Waals surface area contributed by atoms with Crippen LogP contribution in [0.25, 0.3) is 0 Å². The van der Waals surface area contributed by atoms with Gasteiger partial charge in [0, 0.05) is 37.7 Å². The Balaban J connectivity index is 1.68. The van der Waals surface area contributed by atoms with Crippen LogP contribution in [0, 0.1) is 0 Å². The molecular formula is C16H23ClN2O3. The molecule has 0 aliphatic carbocycles. The Morgan fingerprint density at radius 2 is 2.09 bits per heavy atom. The van der Waals surface area contributed by atoms with Gasteiger partial charge in [-0.25, -0.2) is 0 Å². The molecule has 22 heavy (non-hydrogen) atoms. The lowest BCUT2D eigenvalue weighted by atomic mass is 10.2. The predicted octanol–water partition coefficient (Wildman–Crippen LogP) is 1.63. The van der Waals surface area contributed by atoms with Crippen LogP contribution in [0.2, 0.25) is 5.02 Å². The monoisotopic (exact) mass is 326 g/mol. The summed E-state index contributed by atoms with van der Waals surface area (Å²) in [5.74, 6) is 0.792. The summed E-state index contributed by atoms with van der Waals surface area (Å²) in [6, 6.07) is 7.17. The SMILES string of the molecule is C[C@@H](O)CN1CCN(C(=O)CCOc2cccc(Cl)c2)CC1. The summed E-state index contributed by atoms with van der Waals surface area (Å²) in [5, 5.41) is 10.00. The number of hydrogen-bond donors (Lipinski definition) is 1. The fourth-order valence-corrected chi connectivity index (χ4v) is 2.70. The quantitative estimate of drug-likeness (QED) is 0.863. The van der Waals surface area contributed by atoms with Crippen LogP contribution in [0.3, 0.4) is 0 Å². The Labute approximate surface area is 136 Å². The zero-order valence-corrected chi connectivity index (χ0v) is 13.6. The number of nitrogens with zero attached hydrogens (tertiary/aromatic N) is 2. The van der Waals surface area contributed by atoms with Gasteiger partial charge in [-0.05, 0) is 25.1 Å². The van der Waals surface area contributed by atoms with E-state index in [1.807, 2.05) is 17.0 Å². The number of amides is 1. The summed E-state index contributed by atoms with van der Waals surface area (Å²) in [5.41, 5.74) is 0. The number of halogens is 1. The molecule has 1 saturated heterocycles. The molecule has 0 spiro atoms. The topological polar surface area (TPSA) is 53.0 Å². The van der Waals surface area contributed by atoms with E-state index in [4.69, 9.17) is 16.3 Å². The van der Waals surface area contributed by atoms with Crippen molar-refractivity contribution in [2.45, 2.75) is 19.4 Å². The number of hydrogen-bond acceptors (Lipinski definition) is 4. The molecule has 122 valence electrons. The third-order valence-corrected chi connectivity index (χ3v) is 3.86. The molecule has 1 aromatic carbocycles. The van der Waals surface area contributed by atoms with Crippen LogP contribution in [0.5, 0.6) is 5.75 Å². The molecule has 0 saturated carbocycles. The van der Waals surface area contributed by atoms with Gasteiger partial charge in [0.05, 0.1) is 19.1 Å². The van der Waals surface area contributed by atoms with Crippen molar-refractivity contribution in [1.82, 2.24) is 9.80 Å².